The van der Waals surface area contributed by atoms with Gasteiger partial charge in [0.15, 0.2) is 11.5 Å². The van der Waals surface area contributed by atoms with E-state index in [1.165, 1.54) is 7.11 Å². The number of likely N-dealkylation sites (tertiary alicyclic amines) is 1. The zero-order chi connectivity index (χ0) is 26.9. The quantitative estimate of drug-likeness (QED) is 0.472. The number of rotatable bonds is 10. The fraction of sp³-hybridized carbons (Fsp3) is 0.607. The highest BCUT2D eigenvalue weighted by Gasteiger charge is 2.63. The van der Waals surface area contributed by atoms with Gasteiger partial charge in [-0.2, -0.15) is 0 Å². The molecule has 4 atom stereocenters. The van der Waals surface area contributed by atoms with E-state index < -0.39 is 29.4 Å². The van der Waals surface area contributed by atoms with Crippen LogP contribution < -0.4 is 9.47 Å². The highest BCUT2D eigenvalue weighted by atomic mass is 16.5. The number of ether oxygens (including phenoxy) is 4. The van der Waals surface area contributed by atoms with Crippen molar-refractivity contribution in [3.8, 4) is 11.5 Å². The van der Waals surface area contributed by atoms with Crippen molar-refractivity contribution in [2.24, 2.45) is 23.2 Å². The van der Waals surface area contributed by atoms with E-state index in [1.54, 1.807) is 19.1 Å². The van der Waals surface area contributed by atoms with E-state index in [1.807, 2.05) is 38.1 Å². The topological polar surface area (TPSA) is 112 Å². The standard InChI is InChI=1S/C28H37NO8/c1-16(2)21-14-23-28(27(33)36-5,25(37-21)18-7-8-18)15-19(13-24(30)31)26(32)29(23)11-10-17-6-9-20(34-3)22(12-17)35-4/h6,9,12,14,16,18-19,21,25H,7-8,10-11,13,15H2,1-5H3,(H,30,31)/t19-,21-,25-,28-/m0/s1. The molecule has 1 N–H and O–H groups in total. The van der Waals surface area contributed by atoms with Crippen LogP contribution in [0, 0.1) is 23.2 Å². The molecule has 1 saturated carbocycles. The molecule has 202 valence electrons. The zero-order valence-electron chi connectivity index (χ0n) is 22.2. The molecule has 0 radical (unpaired) electrons. The molecule has 37 heavy (non-hydrogen) atoms. The number of nitrogens with zero attached hydrogens (tertiary/aromatic N) is 1. The maximum atomic E-state index is 13.8. The first kappa shape index (κ1) is 27.0. The summed E-state index contributed by atoms with van der Waals surface area (Å²) in [6, 6.07) is 5.57. The Balaban J connectivity index is 1.77. The summed E-state index contributed by atoms with van der Waals surface area (Å²) in [6.07, 6.45) is 3.17. The van der Waals surface area contributed by atoms with Crippen LogP contribution >= 0.6 is 0 Å². The molecule has 2 fully saturated rings. The first-order valence-electron chi connectivity index (χ1n) is 12.9. The number of carboxylic acids is 1. The SMILES string of the molecule is COC(=O)[C@@]12C[C@H](CC(=O)O)C(=O)N(CCc3ccc(OC)c(OC)c3)C1=C[C@@H](C(C)C)O[C@H]2C1CC1. The number of benzene rings is 1. The number of carbonyl (C=O) groups excluding carboxylic acids is 2. The van der Waals surface area contributed by atoms with Crippen molar-refractivity contribution in [2.75, 3.05) is 27.9 Å². The van der Waals surface area contributed by atoms with Crippen molar-refractivity contribution in [3.05, 3.63) is 35.5 Å². The largest absolute Gasteiger partial charge is 0.493 e. The van der Waals surface area contributed by atoms with Gasteiger partial charge in [0.2, 0.25) is 5.91 Å². The van der Waals surface area contributed by atoms with Crippen LogP contribution in [0.1, 0.15) is 45.1 Å². The van der Waals surface area contributed by atoms with Crippen molar-refractivity contribution in [1.29, 1.82) is 0 Å². The average molecular weight is 516 g/mol. The van der Waals surface area contributed by atoms with Gasteiger partial charge in [-0.1, -0.05) is 19.9 Å². The third-order valence-corrected chi connectivity index (χ3v) is 7.79. The minimum Gasteiger partial charge on any atom is -0.493 e. The van der Waals surface area contributed by atoms with E-state index in [9.17, 15) is 19.5 Å². The number of carbonyl (C=O) groups is 3. The third kappa shape index (κ3) is 5.06. The number of esters is 1. The molecule has 4 rings (SSSR count). The van der Waals surface area contributed by atoms with Crippen molar-refractivity contribution >= 4 is 17.8 Å². The molecule has 2 heterocycles. The maximum Gasteiger partial charge on any atom is 0.320 e. The van der Waals surface area contributed by atoms with Gasteiger partial charge < -0.3 is 29.0 Å². The van der Waals surface area contributed by atoms with Crippen molar-refractivity contribution in [2.45, 2.75) is 58.2 Å². The van der Waals surface area contributed by atoms with Crippen LogP contribution in [0.15, 0.2) is 30.0 Å². The summed E-state index contributed by atoms with van der Waals surface area (Å²) in [7, 11) is 4.47. The van der Waals surface area contributed by atoms with Crippen molar-refractivity contribution in [3.63, 3.8) is 0 Å². The van der Waals surface area contributed by atoms with Crippen LogP contribution in [0.3, 0.4) is 0 Å². The van der Waals surface area contributed by atoms with E-state index in [0.29, 0.717) is 23.6 Å². The van der Waals surface area contributed by atoms with Gasteiger partial charge in [0.05, 0.1) is 45.9 Å². The molecule has 2 aliphatic heterocycles. The van der Waals surface area contributed by atoms with Crippen molar-refractivity contribution in [1.82, 2.24) is 4.90 Å². The Labute approximate surface area is 217 Å². The fourth-order valence-electron chi connectivity index (χ4n) is 5.77. The van der Waals surface area contributed by atoms with Crippen LogP contribution in [0.25, 0.3) is 0 Å². The van der Waals surface area contributed by atoms with E-state index in [2.05, 4.69) is 0 Å². The van der Waals surface area contributed by atoms with Gasteiger partial charge >= 0.3 is 11.9 Å². The molecule has 3 aliphatic rings. The number of aliphatic carboxylic acids is 1. The Kier molecular flexibility index (Phi) is 7.83. The van der Waals surface area contributed by atoms with Crippen LogP contribution in [-0.4, -0.2) is 67.9 Å². The van der Waals surface area contributed by atoms with E-state index in [4.69, 9.17) is 18.9 Å². The van der Waals surface area contributed by atoms with Crippen LogP contribution in [0.4, 0.5) is 0 Å². The monoisotopic (exact) mass is 515 g/mol. The van der Waals surface area contributed by atoms with Crippen molar-refractivity contribution < 1.29 is 38.4 Å². The summed E-state index contributed by atoms with van der Waals surface area (Å²) in [5.74, 6) is -1.23. The van der Waals surface area contributed by atoms with E-state index in [0.717, 1.165) is 18.4 Å². The Morgan fingerprint density at radius 3 is 2.43 bits per heavy atom. The minimum absolute atomic E-state index is 0.0650. The first-order chi connectivity index (χ1) is 17.7. The van der Waals surface area contributed by atoms with Crippen LogP contribution in [0.5, 0.6) is 11.5 Å². The predicted molar refractivity (Wildman–Crippen MR) is 134 cm³/mol. The summed E-state index contributed by atoms with van der Waals surface area (Å²) < 4.78 is 22.6. The maximum absolute atomic E-state index is 13.8. The van der Waals surface area contributed by atoms with Gasteiger partial charge in [-0.15, -0.1) is 0 Å². The normalized spacial score (nSPS) is 27.4. The number of carboxylic acid groups (broad SMARTS) is 1. The molecule has 0 spiro atoms. The molecule has 9 heteroatoms. The highest BCUT2D eigenvalue weighted by molar-refractivity contribution is 5.92. The fourth-order valence-corrected chi connectivity index (χ4v) is 5.77. The Hall–Kier alpha value is -3.07. The molecule has 1 amide bonds. The van der Waals surface area contributed by atoms with Gasteiger partial charge in [0.25, 0.3) is 0 Å². The summed E-state index contributed by atoms with van der Waals surface area (Å²) in [5.41, 5.74) is 0.280. The average Bonchev–Trinajstić information content (AvgIpc) is 3.72. The summed E-state index contributed by atoms with van der Waals surface area (Å²) >= 11 is 0. The molecule has 1 saturated heterocycles. The smallest absolute Gasteiger partial charge is 0.320 e. The predicted octanol–water partition coefficient (Wildman–Crippen LogP) is 3.45. The number of fused-ring (bicyclic) bond motifs is 1. The lowest BCUT2D eigenvalue weighted by molar-refractivity contribution is -0.182. The Morgan fingerprint density at radius 2 is 1.86 bits per heavy atom. The zero-order valence-corrected chi connectivity index (χ0v) is 22.2. The molecular formula is C28H37NO8. The van der Waals surface area contributed by atoms with Gasteiger partial charge in [-0.05, 0) is 61.3 Å². The van der Waals surface area contributed by atoms with Gasteiger partial charge in [-0.3, -0.25) is 14.4 Å². The van der Waals surface area contributed by atoms with E-state index in [-0.39, 0.29) is 43.2 Å². The number of hydrogen-bond acceptors (Lipinski definition) is 7. The molecule has 9 nitrogen and oxygen atoms in total. The second kappa shape index (κ2) is 10.7. The van der Waals surface area contributed by atoms with Gasteiger partial charge in [0.1, 0.15) is 5.41 Å². The first-order valence-corrected chi connectivity index (χ1v) is 12.9. The van der Waals surface area contributed by atoms with Gasteiger partial charge in [-0.25, -0.2) is 0 Å². The van der Waals surface area contributed by atoms with Crippen LogP contribution in [-0.2, 0) is 30.3 Å². The summed E-state index contributed by atoms with van der Waals surface area (Å²) in [6.45, 7) is 4.36. The van der Waals surface area contributed by atoms with Crippen LogP contribution in [0.2, 0.25) is 0 Å². The molecule has 1 aromatic rings. The number of hydrogen-bond donors (Lipinski definition) is 1. The Morgan fingerprint density at radius 1 is 1.16 bits per heavy atom. The number of methoxy groups -OCH3 is 3. The number of amides is 1. The lowest BCUT2D eigenvalue weighted by Crippen LogP contribution is -2.62. The lowest BCUT2D eigenvalue weighted by atomic mass is 9.64. The van der Waals surface area contributed by atoms with Gasteiger partial charge in [0, 0.05) is 12.2 Å². The highest BCUT2D eigenvalue weighted by Crippen LogP contribution is 2.56. The molecule has 1 aromatic carbocycles. The molecule has 0 bridgehead atoms. The minimum atomic E-state index is -1.23. The molecule has 0 unspecified atom stereocenters. The summed E-state index contributed by atoms with van der Waals surface area (Å²) in [5, 5.41) is 9.60. The second-order valence-electron chi connectivity index (χ2n) is 10.5. The number of piperidine rings is 1. The second-order valence-corrected chi connectivity index (χ2v) is 10.5. The Bertz CT molecular complexity index is 1080. The lowest BCUT2D eigenvalue weighted by Gasteiger charge is -2.53. The van der Waals surface area contributed by atoms with E-state index >= 15 is 0 Å². The molecule has 1 aliphatic carbocycles. The molecular weight excluding hydrogens is 478 g/mol. The third-order valence-electron chi connectivity index (χ3n) is 7.79. The summed E-state index contributed by atoms with van der Waals surface area (Å²) in [4.78, 5) is 40.7. The molecule has 0 aromatic heterocycles.